The molecular formula is C27H35BrN2O2. The molecule has 0 amide bonds. The standard InChI is InChI=1S/C27H35N2O2.BrH/c1-29(2,19-18-22-12-6-3-7-13-22)21-25-20-28-26(31-25)27(30,23-14-8-4-9-15-23)24-16-10-5-11-17-24;/h3-4,6-9,12-15,20,24,30H,5,10-11,16-19,21H2,1-2H3;1H/q+1;/p-1/t27-;/m1./s1. The lowest BCUT2D eigenvalue weighted by atomic mass is 9.73. The molecule has 0 bridgehead atoms. The topological polar surface area (TPSA) is 46.3 Å². The summed E-state index contributed by atoms with van der Waals surface area (Å²) in [5.74, 6) is 1.41. The van der Waals surface area contributed by atoms with E-state index in [1.807, 2.05) is 36.5 Å². The lowest BCUT2D eigenvalue weighted by Gasteiger charge is -2.36. The lowest BCUT2D eigenvalue weighted by Crippen LogP contribution is -3.00. The molecule has 1 atom stereocenters. The van der Waals surface area contributed by atoms with Crippen molar-refractivity contribution in [1.29, 1.82) is 0 Å². The van der Waals surface area contributed by atoms with E-state index in [0.29, 0.717) is 5.89 Å². The summed E-state index contributed by atoms with van der Waals surface area (Å²) in [6.07, 6.45) is 8.38. The molecule has 0 radical (unpaired) electrons. The number of hydrogen-bond acceptors (Lipinski definition) is 3. The van der Waals surface area contributed by atoms with Crippen LogP contribution in [0.3, 0.4) is 0 Å². The molecule has 3 aromatic rings. The molecule has 4 nitrogen and oxygen atoms in total. The molecule has 1 N–H and O–H groups in total. The summed E-state index contributed by atoms with van der Waals surface area (Å²) in [6, 6.07) is 20.5. The maximum Gasteiger partial charge on any atom is 0.231 e. The summed E-state index contributed by atoms with van der Waals surface area (Å²) in [5, 5.41) is 12.0. The van der Waals surface area contributed by atoms with Crippen LogP contribution in [0.4, 0.5) is 0 Å². The molecule has 4 rings (SSSR count). The Morgan fingerprint density at radius 2 is 1.59 bits per heavy atom. The molecule has 1 heterocycles. The Morgan fingerprint density at radius 1 is 0.969 bits per heavy atom. The van der Waals surface area contributed by atoms with Crippen molar-refractivity contribution in [3.05, 3.63) is 89.6 Å². The van der Waals surface area contributed by atoms with E-state index in [-0.39, 0.29) is 22.9 Å². The number of hydrogen-bond donors (Lipinski definition) is 1. The van der Waals surface area contributed by atoms with E-state index in [9.17, 15) is 5.11 Å². The fourth-order valence-corrected chi connectivity index (χ4v) is 4.88. The number of aliphatic hydroxyl groups is 1. The monoisotopic (exact) mass is 498 g/mol. The summed E-state index contributed by atoms with van der Waals surface area (Å²) in [6.45, 7) is 1.75. The van der Waals surface area contributed by atoms with Crippen LogP contribution >= 0.6 is 0 Å². The molecule has 1 aromatic heterocycles. The average molecular weight is 499 g/mol. The van der Waals surface area contributed by atoms with Gasteiger partial charge in [-0.2, -0.15) is 0 Å². The van der Waals surface area contributed by atoms with Gasteiger partial charge in [0.15, 0.2) is 11.4 Å². The molecule has 5 heteroatoms. The van der Waals surface area contributed by atoms with Crippen molar-refractivity contribution in [3.8, 4) is 0 Å². The highest BCUT2D eigenvalue weighted by molar-refractivity contribution is 5.30. The Kier molecular flexibility index (Phi) is 8.32. The van der Waals surface area contributed by atoms with Gasteiger partial charge in [-0.15, -0.1) is 0 Å². The second-order valence-corrected chi connectivity index (χ2v) is 9.65. The number of rotatable bonds is 8. The zero-order valence-electron chi connectivity index (χ0n) is 19.2. The van der Waals surface area contributed by atoms with Crippen LogP contribution < -0.4 is 17.0 Å². The second kappa shape index (κ2) is 10.8. The summed E-state index contributed by atoms with van der Waals surface area (Å²) in [7, 11) is 4.44. The van der Waals surface area contributed by atoms with Gasteiger partial charge >= 0.3 is 0 Å². The Morgan fingerprint density at radius 3 is 2.25 bits per heavy atom. The highest BCUT2D eigenvalue weighted by Crippen LogP contribution is 2.43. The van der Waals surface area contributed by atoms with E-state index in [2.05, 4.69) is 49.4 Å². The van der Waals surface area contributed by atoms with Crippen molar-refractivity contribution in [2.45, 2.75) is 50.7 Å². The van der Waals surface area contributed by atoms with Crippen molar-refractivity contribution >= 4 is 0 Å². The number of aromatic nitrogens is 1. The van der Waals surface area contributed by atoms with Crippen molar-refractivity contribution < 1.29 is 31.0 Å². The predicted molar refractivity (Wildman–Crippen MR) is 123 cm³/mol. The number of oxazole rings is 1. The Bertz CT molecular complexity index is 952. The van der Waals surface area contributed by atoms with Gasteiger partial charge in [0.2, 0.25) is 5.89 Å². The molecule has 172 valence electrons. The molecular weight excluding hydrogens is 464 g/mol. The molecule has 1 aliphatic carbocycles. The first-order chi connectivity index (χ1) is 15.0. The zero-order valence-corrected chi connectivity index (χ0v) is 20.8. The van der Waals surface area contributed by atoms with Crippen LogP contribution in [0.25, 0.3) is 0 Å². The molecule has 1 saturated carbocycles. The molecule has 1 fully saturated rings. The van der Waals surface area contributed by atoms with Crippen LogP contribution in [0.15, 0.2) is 71.3 Å². The van der Waals surface area contributed by atoms with Gasteiger partial charge in [0, 0.05) is 12.3 Å². The summed E-state index contributed by atoms with van der Waals surface area (Å²) in [5.41, 5.74) is 1.07. The minimum Gasteiger partial charge on any atom is -1.00 e. The molecule has 1 aliphatic rings. The third-order valence-electron chi connectivity index (χ3n) is 6.72. The van der Waals surface area contributed by atoms with Crippen LogP contribution in [0, 0.1) is 5.92 Å². The fraction of sp³-hybridized carbons (Fsp3) is 0.444. The van der Waals surface area contributed by atoms with E-state index in [1.165, 1.54) is 12.0 Å². The number of likely N-dealkylation sites (N-methyl/N-ethyl adjacent to an activating group) is 1. The third kappa shape index (κ3) is 5.69. The molecule has 0 unspecified atom stereocenters. The van der Waals surface area contributed by atoms with Gasteiger partial charge < -0.3 is 31.0 Å². The van der Waals surface area contributed by atoms with Gasteiger partial charge in [-0.1, -0.05) is 79.9 Å². The number of nitrogens with zero attached hydrogens (tertiary/aromatic N) is 2. The number of quaternary nitrogens is 1. The second-order valence-electron chi connectivity index (χ2n) is 9.65. The first-order valence-corrected chi connectivity index (χ1v) is 11.6. The first kappa shape index (κ1) is 24.7. The molecule has 0 aliphatic heterocycles. The predicted octanol–water partition coefficient (Wildman–Crippen LogP) is 2.31. The number of benzene rings is 2. The molecule has 0 spiro atoms. The van der Waals surface area contributed by atoms with Crippen molar-refractivity contribution in [1.82, 2.24) is 4.98 Å². The number of halogens is 1. The summed E-state index contributed by atoms with van der Waals surface area (Å²) < 4.78 is 7.07. The van der Waals surface area contributed by atoms with Gasteiger partial charge in [-0.25, -0.2) is 4.98 Å². The molecule has 0 saturated heterocycles. The van der Waals surface area contributed by atoms with E-state index in [4.69, 9.17) is 4.42 Å². The lowest BCUT2D eigenvalue weighted by molar-refractivity contribution is -0.904. The van der Waals surface area contributed by atoms with Gasteiger partial charge in [0.25, 0.3) is 0 Å². The average Bonchev–Trinajstić information content (AvgIpc) is 3.27. The molecule has 2 aromatic carbocycles. The van der Waals surface area contributed by atoms with Crippen LogP contribution in [-0.2, 0) is 18.6 Å². The fourth-order valence-electron chi connectivity index (χ4n) is 4.88. The Labute approximate surface area is 202 Å². The Balaban J connectivity index is 0.00000289. The normalized spacial score (nSPS) is 16.8. The highest BCUT2D eigenvalue weighted by Gasteiger charge is 2.44. The minimum absolute atomic E-state index is 0. The van der Waals surface area contributed by atoms with E-state index in [1.54, 1.807) is 0 Å². The van der Waals surface area contributed by atoms with Gasteiger partial charge in [-0.05, 0) is 24.0 Å². The van der Waals surface area contributed by atoms with Crippen LogP contribution in [0.1, 0.15) is 54.9 Å². The quantitative estimate of drug-likeness (QED) is 0.484. The first-order valence-electron chi connectivity index (χ1n) is 11.6. The van der Waals surface area contributed by atoms with Gasteiger partial charge in [0.05, 0.1) is 26.8 Å². The van der Waals surface area contributed by atoms with Crippen molar-refractivity contribution in [3.63, 3.8) is 0 Å². The van der Waals surface area contributed by atoms with Gasteiger partial charge in [0.1, 0.15) is 6.54 Å². The van der Waals surface area contributed by atoms with E-state index >= 15 is 0 Å². The summed E-state index contributed by atoms with van der Waals surface area (Å²) in [4.78, 5) is 4.62. The van der Waals surface area contributed by atoms with E-state index < -0.39 is 5.60 Å². The molecule has 32 heavy (non-hydrogen) atoms. The van der Waals surface area contributed by atoms with Crippen LogP contribution in [0.5, 0.6) is 0 Å². The SMILES string of the molecule is C[N+](C)(CCc1ccccc1)Cc1cnc([C@@](O)(c2ccccc2)C2CCCCC2)o1.[Br-]. The Hall–Kier alpha value is -1.95. The van der Waals surface area contributed by atoms with Crippen molar-refractivity contribution in [2.24, 2.45) is 5.92 Å². The van der Waals surface area contributed by atoms with Gasteiger partial charge in [-0.3, -0.25) is 0 Å². The van der Waals surface area contributed by atoms with E-state index in [0.717, 1.165) is 61.0 Å². The summed E-state index contributed by atoms with van der Waals surface area (Å²) >= 11 is 0. The van der Waals surface area contributed by atoms with Crippen LogP contribution in [0.2, 0.25) is 0 Å². The zero-order chi connectivity index (χ0) is 21.7. The van der Waals surface area contributed by atoms with Crippen molar-refractivity contribution in [2.75, 3.05) is 20.6 Å². The highest BCUT2D eigenvalue weighted by atomic mass is 79.9. The maximum absolute atomic E-state index is 12.0. The minimum atomic E-state index is -1.17. The maximum atomic E-state index is 12.0. The third-order valence-corrected chi connectivity index (χ3v) is 6.72. The van der Waals surface area contributed by atoms with Crippen LogP contribution in [-0.4, -0.2) is 35.2 Å². The largest absolute Gasteiger partial charge is 1.00 e. The smallest absolute Gasteiger partial charge is 0.231 e.